The number of hydrogen-bond donors (Lipinski definition) is 0. The van der Waals surface area contributed by atoms with Crippen LogP contribution in [-0.4, -0.2) is 29.0 Å². The normalized spacial score (nSPS) is 10.9. The average molecular weight is 348 g/mol. The molecule has 0 aliphatic carbocycles. The molecule has 5 nitrogen and oxygen atoms in total. The lowest BCUT2D eigenvalue weighted by atomic mass is 10.3. The van der Waals surface area contributed by atoms with Crippen LogP contribution in [0.3, 0.4) is 0 Å². The van der Waals surface area contributed by atoms with Crippen molar-refractivity contribution in [3.8, 4) is 11.5 Å². The summed E-state index contributed by atoms with van der Waals surface area (Å²) in [5.74, 6) is 2.30. The van der Waals surface area contributed by atoms with E-state index in [1.54, 1.807) is 18.7 Å². The second kappa shape index (κ2) is 7.06. The fourth-order valence-corrected chi connectivity index (χ4v) is 3.66. The second-order valence-corrected chi connectivity index (χ2v) is 6.74. The van der Waals surface area contributed by atoms with Gasteiger partial charge in [0.1, 0.15) is 16.2 Å². The summed E-state index contributed by atoms with van der Waals surface area (Å²) >= 11 is 2.94. The van der Waals surface area contributed by atoms with Crippen LogP contribution in [0.2, 0.25) is 0 Å². The van der Waals surface area contributed by atoms with Crippen molar-refractivity contribution in [3.05, 3.63) is 46.1 Å². The topological polar surface area (TPSA) is 53.4 Å². The Kier molecular flexibility index (Phi) is 4.88. The van der Waals surface area contributed by atoms with Crippen LogP contribution in [0.5, 0.6) is 11.5 Å². The molecule has 0 saturated heterocycles. The number of ether oxygens (including phenoxy) is 2. The van der Waals surface area contributed by atoms with Crippen LogP contribution in [0.15, 0.2) is 45.7 Å². The molecule has 0 spiro atoms. The van der Waals surface area contributed by atoms with Crippen molar-refractivity contribution >= 4 is 33.3 Å². The van der Waals surface area contributed by atoms with Gasteiger partial charge >= 0.3 is 0 Å². The maximum Gasteiger partial charge on any atom is 0.271 e. The van der Waals surface area contributed by atoms with E-state index in [4.69, 9.17) is 9.47 Å². The molecule has 2 heterocycles. The van der Waals surface area contributed by atoms with Crippen LogP contribution >= 0.6 is 23.1 Å². The molecule has 0 aliphatic heterocycles. The number of rotatable bonds is 6. The third-order valence-electron chi connectivity index (χ3n) is 3.29. The van der Waals surface area contributed by atoms with Crippen molar-refractivity contribution < 1.29 is 9.47 Å². The van der Waals surface area contributed by atoms with Crippen LogP contribution in [0.4, 0.5) is 0 Å². The molecule has 120 valence electrons. The predicted octanol–water partition coefficient (Wildman–Crippen LogP) is 3.17. The molecule has 0 saturated carbocycles. The van der Waals surface area contributed by atoms with Gasteiger partial charge in [-0.2, -0.15) is 0 Å². The lowest BCUT2D eigenvalue weighted by Gasteiger charge is -2.08. The smallest absolute Gasteiger partial charge is 0.271 e. The Morgan fingerprint density at radius 3 is 2.70 bits per heavy atom. The monoisotopic (exact) mass is 348 g/mol. The zero-order valence-electron chi connectivity index (χ0n) is 12.8. The lowest BCUT2D eigenvalue weighted by molar-refractivity contribution is 0.342. The summed E-state index contributed by atoms with van der Waals surface area (Å²) in [5, 5.41) is 2.60. The van der Waals surface area contributed by atoms with Gasteiger partial charge in [-0.15, -0.1) is 11.3 Å². The number of nitrogens with zero attached hydrogens (tertiary/aromatic N) is 2. The van der Waals surface area contributed by atoms with E-state index in [-0.39, 0.29) is 5.56 Å². The molecular formula is C16H16N2O3S2. The zero-order chi connectivity index (χ0) is 16.2. The van der Waals surface area contributed by atoms with Crippen LogP contribution in [0, 0.1) is 0 Å². The molecule has 0 amide bonds. The zero-order valence-corrected chi connectivity index (χ0v) is 14.4. The lowest BCUT2D eigenvalue weighted by Crippen LogP contribution is -2.19. The summed E-state index contributed by atoms with van der Waals surface area (Å²) in [6.45, 7) is 0.536. The maximum atomic E-state index is 12.2. The second-order valence-electron chi connectivity index (χ2n) is 4.77. The summed E-state index contributed by atoms with van der Waals surface area (Å²) in [6.07, 6.45) is 0. The van der Waals surface area contributed by atoms with Crippen molar-refractivity contribution in [3.63, 3.8) is 0 Å². The van der Waals surface area contributed by atoms with Gasteiger partial charge in [-0.05, 0) is 35.7 Å². The minimum absolute atomic E-state index is 0.00331. The molecule has 3 aromatic rings. The van der Waals surface area contributed by atoms with Gasteiger partial charge in [-0.25, -0.2) is 4.98 Å². The largest absolute Gasteiger partial charge is 0.497 e. The predicted molar refractivity (Wildman–Crippen MR) is 94.1 cm³/mol. The number of thiophene rings is 1. The van der Waals surface area contributed by atoms with E-state index in [0.717, 1.165) is 17.0 Å². The van der Waals surface area contributed by atoms with Gasteiger partial charge in [0, 0.05) is 12.8 Å². The van der Waals surface area contributed by atoms with E-state index in [0.29, 0.717) is 22.2 Å². The van der Waals surface area contributed by atoms with Gasteiger partial charge in [0.15, 0.2) is 5.16 Å². The van der Waals surface area contributed by atoms with Crippen LogP contribution in [0.25, 0.3) is 10.2 Å². The average Bonchev–Trinajstić information content (AvgIpc) is 3.05. The number of aromatic nitrogens is 2. The molecule has 3 rings (SSSR count). The Morgan fingerprint density at radius 1 is 1.22 bits per heavy atom. The highest BCUT2D eigenvalue weighted by molar-refractivity contribution is 7.99. The Morgan fingerprint density at radius 2 is 1.96 bits per heavy atom. The first-order chi connectivity index (χ1) is 11.2. The molecule has 0 unspecified atom stereocenters. The van der Waals surface area contributed by atoms with E-state index >= 15 is 0 Å². The molecule has 0 aliphatic rings. The molecule has 7 heteroatoms. The Balaban J connectivity index is 1.60. The molecule has 0 fully saturated rings. The van der Waals surface area contributed by atoms with Crippen molar-refractivity contribution in [2.45, 2.75) is 5.16 Å². The molecular weight excluding hydrogens is 332 g/mol. The van der Waals surface area contributed by atoms with Gasteiger partial charge < -0.3 is 9.47 Å². The SMILES string of the molecule is COc1ccc(OCCSc2nc3ccsc3c(=O)n2C)cc1. The van der Waals surface area contributed by atoms with Crippen molar-refractivity contribution in [2.75, 3.05) is 19.5 Å². The summed E-state index contributed by atoms with van der Waals surface area (Å²) in [6, 6.07) is 9.33. The van der Waals surface area contributed by atoms with E-state index in [1.165, 1.54) is 23.1 Å². The van der Waals surface area contributed by atoms with Crippen LogP contribution < -0.4 is 15.0 Å². The van der Waals surface area contributed by atoms with Gasteiger partial charge in [0.05, 0.1) is 19.2 Å². The highest BCUT2D eigenvalue weighted by Crippen LogP contribution is 2.21. The Labute approximate surface area is 141 Å². The molecule has 0 N–H and O–H groups in total. The number of fused-ring (bicyclic) bond motifs is 1. The quantitative estimate of drug-likeness (QED) is 0.389. The third kappa shape index (κ3) is 3.51. The summed E-state index contributed by atoms with van der Waals surface area (Å²) in [7, 11) is 3.38. The van der Waals surface area contributed by atoms with Crippen molar-refractivity contribution in [1.29, 1.82) is 0 Å². The number of methoxy groups -OCH3 is 1. The van der Waals surface area contributed by atoms with Gasteiger partial charge in [-0.3, -0.25) is 9.36 Å². The molecule has 2 aromatic heterocycles. The van der Waals surface area contributed by atoms with E-state index in [9.17, 15) is 4.79 Å². The van der Waals surface area contributed by atoms with E-state index in [2.05, 4.69) is 4.98 Å². The fourth-order valence-electron chi connectivity index (χ4n) is 2.06. The number of benzene rings is 1. The van der Waals surface area contributed by atoms with Crippen molar-refractivity contribution in [2.24, 2.45) is 7.05 Å². The molecule has 0 radical (unpaired) electrons. The molecule has 23 heavy (non-hydrogen) atoms. The maximum absolute atomic E-state index is 12.2. The first kappa shape index (κ1) is 15.9. The fraction of sp³-hybridized carbons (Fsp3) is 0.250. The Hall–Kier alpha value is -1.99. The van der Waals surface area contributed by atoms with E-state index in [1.807, 2.05) is 35.7 Å². The molecule has 0 atom stereocenters. The first-order valence-electron chi connectivity index (χ1n) is 7.03. The molecule has 0 bridgehead atoms. The highest BCUT2D eigenvalue weighted by atomic mass is 32.2. The number of hydrogen-bond acceptors (Lipinski definition) is 6. The standard InChI is InChI=1S/C16H16N2O3S2/c1-18-15(19)14-13(7-9-22-14)17-16(18)23-10-8-21-12-5-3-11(20-2)4-6-12/h3-7,9H,8,10H2,1-2H3. The minimum atomic E-state index is 0.00331. The third-order valence-corrected chi connectivity index (χ3v) is 5.17. The highest BCUT2D eigenvalue weighted by Gasteiger charge is 2.09. The number of thioether (sulfide) groups is 1. The van der Waals surface area contributed by atoms with Crippen molar-refractivity contribution in [1.82, 2.24) is 9.55 Å². The van der Waals surface area contributed by atoms with Gasteiger partial charge in [0.25, 0.3) is 5.56 Å². The van der Waals surface area contributed by atoms with E-state index < -0.39 is 0 Å². The summed E-state index contributed by atoms with van der Waals surface area (Å²) in [4.78, 5) is 16.7. The Bertz CT molecular complexity index is 856. The first-order valence-corrected chi connectivity index (χ1v) is 8.89. The van der Waals surface area contributed by atoms with Crippen LogP contribution in [0.1, 0.15) is 0 Å². The van der Waals surface area contributed by atoms with Crippen LogP contribution in [-0.2, 0) is 7.05 Å². The molecule has 1 aromatic carbocycles. The summed E-state index contributed by atoms with van der Waals surface area (Å²) < 4.78 is 13.1. The minimum Gasteiger partial charge on any atom is -0.497 e. The van der Waals surface area contributed by atoms with Gasteiger partial charge in [0.2, 0.25) is 0 Å². The van der Waals surface area contributed by atoms with Gasteiger partial charge in [-0.1, -0.05) is 11.8 Å². The summed E-state index contributed by atoms with van der Waals surface area (Å²) in [5.41, 5.74) is 0.764.